The second-order valence-electron chi connectivity index (χ2n) is 4.42. The van der Waals surface area contributed by atoms with E-state index in [1.54, 1.807) is 0 Å². The van der Waals surface area contributed by atoms with Crippen LogP contribution in [0.15, 0.2) is 48.5 Å². The van der Waals surface area contributed by atoms with E-state index in [0.29, 0.717) is 0 Å². The summed E-state index contributed by atoms with van der Waals surface area (Å²) in [6, 6.07) is 16.7. The molecule has 0 saturated carbocycles. The van der Waals surface area contributed by atoms with Crippen molar-refractivity contribution in [2.45, 2.75) is 0 Å². The van der Waals surface area contributed by atoms with E-state index in [9.17, 15) is 0 Å². The van der Waals surface area contributed by atoms with E-state index < -0.39 is 0 Å². The zero-order chi connectivity index (χ0) is 11.8. The molecule has 0 N–H and O–H groups in total. The fraction of sp³-hybridized carbons (Fsp3) is 0.133. The van der Waals surface area contributed by atoms with Crippen LogP contribution in [0, 0.1) is 0 Å². The van der Waals surface area contributed by atoms with Crippen LogP contribution in [-0.4, -0.2) is 19.1 Å². The van der Waals surface area contributed by atoms with Gasteiger partial charge < -0.3 is 4.90 Å². The van der Waals surface area contributed by atoms with E-state index in [-0.39, 0.29) is 0 Å². The first-order valence-corrected chi connectivity index (χ1v) is 5.71. The topological polar surface area (TPSA) is 16.1 Å². The Kier molecular flexibility index (Phi) is 2.22. The first-order chi connectivity index (χ1) is 8.25. The first-order valence-electron chi connectivity index (χ1n) is 5.71. The van der Waals surface area contributed by atoms with Crippen LogP contribution in [0.3, 0.4) is 0 Å². The van der Waals surface area contributed by atoms with Crippen LogP contribution in [-0.2, 0) is 0 Å². The summed E-state index contributed by atoms with van der Waals surface area (Å²) in [6.07, 6.45) is 0. The minimum absolute atomic E-state index is 1.05. The summed E-state index contributed by atoms with van der Waals surface area (Å²) < 4.78 is 0. The maximum Gasteiger partial charge on any atom is 0.0730 e. The van der Waals surface area contributed by atoms with Crippen molar-refractivity contribution >= 4 is 27.5 Å². The lowest BCUT2D eigenvalue weighted by molar-refractivity contribution is 1.14. The lowest BCUT2D eigenvalue weighted by atomic mass is 10.1. The van der Waals surface area contributed by atoms with Gasteiger partial charge in [-0.1, -0.05) is 24.3 Å². The highest BCUT2D eigenvalue weighted by Crippen LogP contribution is 2.27. The van der Waals surface area contributed by atoms with Gasteiger partial charge in [0.1, 0.15) is 0 Å². The second kappa shape index (κ2) is 3.74. The van der Waals surface area contributed by atoms with Crippen LogP contribution in [0.4, 0.5) is 5.69 Å². The Morgan fingerprint density at radius 2 is 1.65 bits per heavy atom. The molecule has 0 aliphatic heterocycles. The third-order valence-corrected chi connectivity index (χ3v) is 3.02. The highest BCUT2D eigenvalue weighted by atomic mass is 15.1. The van der Waals surface area contributed by atoms with Crippen molar-refractivity contribution < 1.29 is 0 Å². The molecule has 0 aliphatic rings. The van der Waals surface area contributed by atoms with Gasteiger partial charge in [0.05, 0.1) is 11.0 Å². The van der Waals surface area contributed by atoms with Gasteiger partial charge in [-0.2, -0.15) is 0 Å². The molecule has 0 atom stereocenters. The Morgan fingerprint density at radius 3 is 2.47 bits per heavy atom. The molecule has 3 aromatic rings. The van der Waals surface area contributed by atoms with E-state index >= 15 is 0 Å². The Labute approximate surface area is 101 Å². The molecule has 0 amide bonds. The van der Waals surface area contributed by atoms with Gasteiger partial charge in [0.15, 0.2) is 0 Å². The van der Waals surface area contributed by atoms with Gasteiger partial charge in [-0.05, 0) is 24.3 Å². The number of rotatable bonds is 1. The predicted molar refractivity (Wildman–Crippen MR) is 73.6 cm³/mol. The van der Waals surface area contributed by atoms with Crippen LogP contribution in [0.1, 0.15) is 0 Å². The van der Waals surface area contributed by atoms with Crippen LogP contribution in [0.2, 0.25) is 0 Å². The number of fused-ring (bicyclic) bond motifs is 2. The molecule has 0 aliphatic carbocycles. The Morgan fingerprint density at radius 1 is 0.882 bits per heavy atom. The molecule has 0 unspecified atom stereocenters. The molecule has 3 rings (SSSR count). The normalized spacial score (nSPS) is 10.9. The standard InChI is InChI=1S/C15H14N2/c1-17(2)15-9-5-8-14-12(15)10-11-6-3-4-7-13(11)16-14/h3-10H,1-2H3. The van der Waals surface area contributed by atoms with Crippen molar-refractivity contribution in [2.75, 3.05) is 19.0 Å². The third-order valence-electron chi connectivity index (χ3n) is 3.02. The van der Waals surface area contributed by atoms with Crippen molar-refractivity contribution in [1.82, 2.24) is 4.98 Å². The number of hydrogen-bond donors (Lipinski definition) is 0. The van der Waals surface area contributed by atoms with E-state index in [2.05, 4.69) is 55.4 Å². The van der Waals surface area contributed by atoms with Gasteiger partial charge in [-0.3, -0.25) is 0 Å². The number of nitrogens with zero attached hydrogens (tertiary/aromatic N) is 2. The maximum absolute atomic E-state index is 4.69. The van der Waals surface area contributed by atoms with Crippen molar-refractivity contribution in [3.05, 3.63) is 48.5 Å². The minimum Gasteiger partial charge on any atom is -0.377 e. The summed E-state index contributed by atoms with van der Waals surface area (Å²) in [5.41, 5.74) is 3.31. The predicted octanol–water partition coefficient (Wildman–Crippen LogP) is 3.45. The van der Waals surface area contributed by atoms with Gasteiger partial charge in [0.25, 0.3) is 0 Å². The van der Waals surface area contributed by atoms with Crippen molar-refractivity contribution in [3.8, 4) is 0 Å². The molecular weight excluding hydrogens is 208 g/mol. The van der Waals surface area contributed by atoms with E-state index in [1.165, 1.54) is 16.5 Å². The Bertz CT molecular complexity index is 687. The average molecular weight is 222 g/mol. The number of benzene rings is 2. The average Bonchev–Trinajstić information content (AvgIpc) is 2.35. The highest BCUT2D eigenvalue weighted by Gasteiger charge is 2.05. The largest absolute Gasteiger partial charge is 0.377 e. The summed E-state index contributed by atoms with van der Waals surface area (Å²) >= 11 is 0. The Balaban J connectivity index is 2.43. The first kappa shape index (κ1) is 10.1. The summed E-state index contributed by atoms with van der Waals surface area (Å²) in [7, 11) is 4.12. The van der Waals surface area contributed by atoms with E-state index in [0.717, 1.165) is 11.0 Å². The molecule has 2 nitrogen and oxygen atoms in total. The van der Waals surface area contributed by atoms with Crippen LogP contribution in [0.5, 0.6) is 0 Å². The van der Waals surface area contributed by atoms with Gasteiger partial charge in [0, 0.05) is 30.6 Å². The lowest BCUT2D eigenvalue weighted by Gasteiger charge is -2.15. The van der Waals surface area contributed by atoms with E-state index in [4.69, 9.17) is 4.98 Å². The molecule has 0 radical (unpaired) electrons. The molecule has 1 heterocycles. The zero-order valence-electron chi connectivity index (χ0n) is 10.0. The summed E-state index contributed by atoms with van der Waals surface area (Å²) in [4.78, 5) is 6.82. The fourth-order valence-electron chi connectivity index (χ4n) is 2.17. The van der Waals surface area contributed by atoms with Gasteiger partial charge in [-0.15, -0.1) is 0 Å². The Hall–Kier alpha value is -2.09. The fourth-order valence-corrected chi connectivity index (χ4v) is 2.17. The molecular formula is C15H14N2. The second-order valence-corrected chi connectivity index (χ2v) is 4.42. The summed E-state index contributed by atoms with van der Waals surface area (Å²) in [5.74, 6) is 0. The van der Waals surface area contributed by atoms with E-state index in [1.807, 2.05) is 12.1 Å². The molecule has 17 heavy (non-hydrogen) atoms. The summed E-state index contributed by atoms with van der Waals surface area (Å²) in [6.45, 7) is 0. The molecule has 0 fully saturated rings. The van der Waals surface area contributed by atoms with Crippen LogP contribution in [0.25, 0.3) is 21.8 Å². The molecule has 84 valence electrons. The SMILES string of the molecule is CN(C)c1cccc2nc3ccccc3cc12. The van der Waals surface area contributed by atoms with Crippen LogP contribution < -0.4 is 4.90 Å². The van der Waals surface area contributed by atoms with Gasteiger partial charge in [-0.25, -0.2) is 4.98 Å². The third kappa shape index (κ3) is 1.62. The molecule has 0 spiro atoms. The molecule has 2 heteroatoms. The smallest absolute Gasteiger partial charge is 0.0730 e. The number of aromatic nitrogens is 1. The molecule has 1 aromatic heterocycles. The minimum atomic E-state index is 1.05. The highest BCUT2D eigenvalue weighted by molar-refractivity contribution is 5.99. The van der Waals surface area contributed by atoms with Gasteiger partial charge >= 0.3 is 0 Å². The van der Waals surface area contributed by atoms with Crippen molar-refractivity contribution in [3.63, 3.8) is 0 Å². The zero-order valence-corrected chi connectivity index (χ0v) is 10.0. The number of para-hydroxylation sites is 1. The van der Waals surface area contributed by atoms with Crippen LogP contribution >= 0.6 is 0 Å². The van der Waals surface area contributed by atoms with Crippen molar-refractivity contribution in [1.29, 1.82) is 0 Å². The van der Waals surface area contributed by atoms with Crippen molar-refractivity contribution in [2.24, 2.45) is 0 Å². The lowest BCUT2D eigenvalue weighted by Crippen LogP contribution is -2.09. The quantitative estimate of drug-likeness (QED) is 0.586. The monoisotopic (exact) mass is 222 g/mol. The van der Waals surface area contributed by atoms with Gasteiger partial charge in [0.2, 0.25) is 0 Å². The summed E-state index contributed by atoms with van der Waals surface area (Å²) in [5, 5.41) is 2.39. The molecule has 0 saturated heterocycles. The maximum atomic E-state index is 4.69. The number of anilines is 1. The number of hydrogen-bond acceptors (Lipinski definition) is 2. The molecule has 0 bridgehead atoms. The molecule has 2 aromatic carbocycles. The number of pyridine rings is 1.